The van der Waals surface area contributed by atoms with E-state index in [0.29, 0.717) is 24.2 Å². The van der Waals surface area contributed by atoms with Gasteiger partial charge >= 0.3 is 0 Å². The van der Waals surface area contributed by atoms with Gasteiger partial charge in [-0.2, -0.15) is 0 Å². The van der Waals surface area contributed by atoms with Gasteiger partial charge in [0, 0.05) is 24.2 Å². The first kappa shape index (κ1) is 18.7. The number of hydrogen-bond donors (Lipinski definition) is 1. The van der Waals surface area contributed by atoms with Crippen LogP contribution < -0.4 is 9.62 Å². The van der Waals surface area contributed by atoms with Gasteiger partial charge in [0.05, 0.1) is 16.5 Å². The maximum atomic E-state index is 13.6. The highest BCUT2D eigenvalue weighted by Gasteiger charge is 2.28. The molecular formula is C18H18ClFN2O3S. The molecule has 0 saturated carbocycles. The molecule has 2 aromatic rings. The monoisotopic (exact) mass is 396 g/mol. The van der Waals surface area contributed by atoms with Crippen molar-refractivity contribution in [2.24, 2.45) is 0 Å². The summed E-state index contributed by atoms with van der Waals surface area (Å²) in [6.45, 7) is 0.369. The molecule has 138 valence electrons. The molecular weight excluding hydrogens is 379 g/mol. The molecule has 0 unspecified atom stereocenters. The molecule has 1 saturated heterocycles. The van der Waals surface area contributed by atoms with Crippen molar-refractivity contribution < 1.29 is 17.6 Å². The minimum Gasteiger partial charge on any atom is -0.348 e. The quantitative estimate of drug-likeness (QED) is 0.861. The zero-order chi connectivity index (χ0) is 18.7. The minimum atomic E-state index is -3.43. The van der Waals surface area contributed by atoms with Crippen LogP contribution in [-0.2, 0) is 16.6 Å². The fraction of sp³-hybridized carbons (Fsp3) is 0.278. The van der Waals surface area contributed by atoms with Crippen LogP contribution in [0, 0.1) is 5.82 Å². The molecule has 26 heavy (non-hydrogen) atoms. The minimum absolute atomic E-state index is 0.0332. The number of anilines is 1. The summed E-state index contributed by atoms with van der Waals surface area (Å²) in [7, 11) is -3.43. The van der Waals surface area contributed by atoms with Crippen LogP contribution in [0.1, 0.15) is 28.8 Å². The number of carbonyl (C=O) groups excluding carboxylic acids is 1. The van der Waals surface area contributed by atoms with E-state index in [1.54, 1.807) is 18.2 Å². The van der Waals surface area contributed by atoms with Crippen LogP contribution >= 0.6 is 11.6 Å². The highest BCUT2D eigenvalue weighted by atomic mass is 35.5. The first-order valence-corrected chi connectivity index (χ1v) is 10.2. The molecule has 3 rings (SSSR count). The van der Waals surface area contributed by atoms with E-state index in [0.717, 1.165) is 6.42 Å². The Balaban J connectivity index is 1.80. The van der Waals surface area contributed by atoms with Crippen LogP contribution in [0.15, 0.2) is 42.5 Å². The van der Waals surface area contributed by atoms with Gasteiger partial charge in [-0.05, 0) is 37.1 Å². The van der Waals surface area contributed by atoms with Crippen molar-refractivity contribution in [3.8, 4) is 0 Å². The summed E-state index contributed by atoms with van der Waals surface area (Å²) in [6, 6.07) is 10.6. The second-order valence-electron chi connectivity index (χ2n) is 6.04. The van der Waals surface area contributed by atoms with Gasteiger partial charge in [-0.25, -0.2) is 12.8 Å². The van der Waals surface area contributed by atoms with Crippen molar-refractivity contribution in [2.75, 3.05) is 16.6 Å². The highest BCUT2D eigenvalue weighted by molar-refractivity contribution is 7.92. The molecule has 1 heterocycles. The molecule has 5 nitrogen and oxygen atoms in total. The lowest BCUT2D eigenvalue weighted by Crippen LogP contribution is -2.38. The van der Waals surface area contributed by atoms with Crippen LogP contribution in [-0.4, -0.2) is 26.6 Å². The molecule has 0 atom stereocenters. The van der Waals surface area contributed by atoms with Crippen molar-refractivity contribution in [3.05, 3.63) is 64.4 Å². The number of rotatable bonds is 4. The fourth-order valence-corrected chi connectivity index (χ4v) is 4.74. The summed E-state index contributed by atoms with van der Waals surface area (Å²) < 4.78 is 39.5. The van der Waals surface area contributed by atoms with Gasteiger partial charge in [0.25, 0.3) is 5.91 Å². The molecule has 1 fully saturated rings. The third-order valence-corrected chi connectivity index (χ3v) is 6.40. The van der Waals surface area contributed by atoms with Gasteiger partial charge in [-0.1, -0.05) is 29.8 Å². The number of benzene rings is 2. The molecule has 2 aromatic carbocycles. The summed E-state index contributed by atoms with van der Waals surface area (Å²) in [5.41, 5.74) is 0.931. The number of sulfonamides is 1. The third-order valence-electron chi connectivity index (χ3n) is 4.22. The molecule has 0 radical (unpaired) electrons. The Kier molecular flexibility index (Phi) is 5.48. The largest absolute Gasteiger partial charge is 0.348 e. The van der Waals surface area contributed by atoms with Crippen LogP contribution in [0.3, 0.4) is 0 Å². The number of amides is 1. The van der Waals surface area contributed by atoms with Crippen molar-refractivity contribution in [1.82, 2.24) is 5.32 Å². The molecule has 1 amide bonds. The Morgan fingerprint density at radius 3 is 2.69 bits per heavy atom. The molecule has 0 aliphatic carbocycles. The average Bonchev–Trinajstić information content (AvgIpc) is 2.61. The third kappa shape index (κ3) is 3.99. The van der Waals surface area contributed by atoms with Gasteiger partial charge in [0.2, 0.25) is 10.0 Å². The first-order valence-electron chi connectivity index (χ1n) is 8.20. The van der Waals surface area contributed by atoms with Crippen LogP contribution in [0.25, 0.3) is 0 Å². The number of nitrogens with one attached hydrogen (secondary N) is 1. The Morgan fingerprint density at radius 1 is 1.19 bits per heavy atom. The van der Waals surface area contributed by atoms with E-state index in [4.69, 9.17) is 11.6 Å². The van der Waals surface area contributed by atoms with Gasteiger partial charge in [-0.3, -0.25) is 9.10 Å². The van der Waals surface area contributed by atoms with Crippen LogP contribution in [0.5, 0.6) is 0 Å². The maximum absolute atomic E-state index is 13.6. The first-order chi connectivity index (χ1) is 12.4. The summed E-state index contributed by atoms with van der Waals surface area (Å²) in [5.74, 6) is -0.767. The van der Waals surface area contributed by atoms with E-state index in [1.807, 2.05) is 0 Å². The molecule has 1 aliphatic rings. The van der Waals surface area contributed by atoms with Gasteiger partial charge < -0.3 is 5.32 Å². The molecule has 0 spiro atoms. The summed E-state index contributed by atoms with van der Waals surface area (Å²) in [5, 5.41) is 2.90. The lowest BCUT2D eigenvalue weighted by molar-refractivity contribution is 0.0950. The molecule has 1 N–H and O–H groups in total. The summed E-state index contributed by atoms with van der Waals surface area (Å²) >= 11 is 6.17. The number of carbonyl (C=O) groups is 1. The smallest absolute Gasteiger partial charge is 0.251 e. The number of nitrogens with zero attached hydrogens (tertiary/aromatic N) is 1. The molecule has 8 heteroatoms. The second kappa shape index (κ2) is 7.63. The Labute approximate surface area is 156 Å². The van der Waals surface area contributed by atoms with E-state index < -0.39 is 21.7 Å². The second-order valence-corrected chi connectivity index (χ2v) is 8.46. The van der Waals surface area contributed by atoms with Gasteiger partial charge in [-0.15, -0.1) is 0 Å². The lowest BCUT2D eigenvalue weighted by atomic mass is 10.1. The van der Waals surface area contributed by atoms with E-state index in [9.17, 15) is 17.6 Å². The Morgan fingerprint density at radius 2 is 1.96 bits per heavy atom. The topological polar surface area (TPSA) is 66.5 Å². The number of hydrogen-bond acceptors (Lipinski definition) is 3. The number of halogens is 2. The highest BCUT2D eigenvalue weighted by Crippen LogP contribution is 2.31. The standard InChI is InChI=1S/C18H18ClFN2O3S/c19-15-8-7-13(11-17(15)22-9-3-4-10-26(22,24)25)18(23)21-12-14-5-1-2-6-16(14)20/h1-2,5-8,11H,3-4,9-10,12H2,(H,21,23). The summed E-state index contributed by atoms with van der Waals surface area (Å²) in [6.07, 6.45) is 1.35. The van der Waals surface area contributed by atoms with E-state index in [-0.39, 0.29) is 22.9 Å². The van der Waals surface area contributed by atoms with Crippen molar-refractivity contribution >= 4 is 33.2 Å². The maximum Gasteiger partial charge on any atom is 0.251 e. The lowest BCUT2D eigenvalue weighted by Gasteiger charge is -2.29. The van der Waals surface area contributed by atoms with Gasteiger partial charge in [0.15, 0.2) is 0 Å². The van der Waals surface area contributed by atoms with E-state index >= 15 is 0 Å². The molecule has 1 aliphatic heterocycles. The normalized spacial score (nSPS) is 16.3. The Bertz CT molecular complexity index is 934. The Hall–Kier alpha value is -2.12. The van der Waals surface area contributed by atoms with Gasteiger partial charge in [0.1, 0.15) is 5.82 Å². The van der Waals surface area contributed by atoms with E-state index in [1.165, 1.54) is 28.6 Å². The predicted molar refractivity (Wildman–Crippen MR) is 99.4 cm³/mol. The zero-order valence-electron chi connectivity index (χ0n) is 13.9. The molecule has 0 aromatic heterocycles. The fourth-order valence-electron chi connectivity index (χ4n) is 2.82. The zero-order valence-corrected chi connectivity index (χ0v) is 15.5. The van der Waals surface area contributed by atoms with E-state index in [2.05, 4.69) is 5.32 Å². The van der Waals surface area contributed by atoms with Crippen LogP contribution in [0.2, 0.25) is 5.02 Å². The molecule has 0 bridgehead atoms. The SMILES string of the molecule is O=C(NCc1ccccc1F)c1ccc(Cl)c(N2CCCCS2(=O)=O)c1. The summed E-state index contributed by atoms with van der Waals surface area (Å²) in [4.78, 5) is 12.4. The average molecular weight is 397 g/mol. The van der Waals surface area contributed by atoms with Crippen molar-refractivity contribution in [3.63, 3.8) is 0 Å². The predicted octanol–water partition coefficient (Wildman–Crippen LogP) is 3.34. The van der Waals surface area contributed by atoms with Crippen LogP contribution in [0.4, 0.5) is 10.1 Å². The van der Waals surface area contributed by atoms with Crippen molar-refractivity contribution in [1.29, 1.82) is 0 Å². The van der Waals surface area contributed by atoms with Crippen molar-refractivity contribution in [2.45, 2.75) is 19.4 Å².